The number of hydrogen-bond acceptors (Lipinski definition) is 5. The molecule has 182 valence electrons. The van der Waals surface area contributed by atoms with Crippen LogP contribution in [0.1, 0.15) is 29.1 Å². The van der Waals surface area contributed by atoms with Crippen molar-refractivity contribution in [2.75, 3.05) is 14.2 Å². The molecule has 3 aliphatic rings. The van der Waals surface area contributed by atoms with Gasteiger partial charge in [-0.2, -0.15) is 0 Å². The van der Waals surface area contributed by atoms with Gasteiger partial charge in [-0.05, 0) is 31.7 Å². The number of aliphatic hydroxyl groups excluding tert-OH is 1. The van der Waals surface area contributed by atoms with Gasteiger partial charge in [-0.3, -0.25) is 4.79 Å². The Kier molecular flexibility index (Phi) is 3.83. The predicted molar refractivity (Wildman–Crippen MR) is 137 cm³/mol. The number of aliphatic hydroxyl groups is 1. The molecule has 5 heterocycles. The van der Waals surface area contributed by atoms with Crippen molar-refractivity contribution in [1.82, 2.24) is 19.8 Å². The Bertz CT molecular complexity index is 1790. The molecule has 5 aromatic rings. The highest BCUT2D eigenvalue weighted by molar-refractivity contribution is 6.31. The van der Waals surface area contributed by atoms with Gasteiger partial charge in [0, 0.05) is 35.2 Å². The van der Waals surface area contributed by atoms with E-state index in [1.165, 1.54) is 0 Å². The number of nitrogens with one attached hydrogen (secondary N) is 2. The van der Waals surface area contributed by atoms with Gasteiger partial charge >= 0.3 is 0 Å². The third kappa shape index (κ3) is 2.11. The fraction of sp³-hybridized carbons (Fsp3) is 0.321. The molecule has 36 heavy (non-hydrogen) atoms. The zero-order chi connectivity index (χ0) is 24.5. The lowest BCUT2D eigenvalue weighted by molar-refractivity contribution is -0.289. The number of benzene rings is 3. The predicted octanol–water partition coefficient (Wildman–Crippen LogP) is 3.32. The second-order valence-corrected chi connectivity index (χ2v) is 10.2. The summed E-state index contributed by atoms with van der Waals surface area (Å²) in [5, 5.41) is 22.1. The van der Waals surface area contributed by atoms with Crippen molar-refractivity contribution in [2.45, 2.75) is 43.7 Å². The Morgan fingerprint density at radius 2 is 1.78 bits per heavy atom. The van der Waals surface area contributed by atoms with Crippen molar-refractivity contribution in [1.29, 1.82) is 0 Å². The molecular weight excluding hydrogens is 456 g/mol. The van der Waals surface area contributed by atoms with E-state index in [0.717, 1.165) is 54.7 Å². The average molecular weight is 483 g/mol. The number of ether oxygens (including phenoxy) is 2. The van der Waals surface area contributed by atoms with Crippen molar-refractivity contribution in [2.24, 2.45) is 0 Å². The zero-order valence-electron chi connectivity index (χ0n) is 20.2. The summed E-state index contributed by atoms with van der Waals surface area (Å²) in [6, 6.07) is 16.0. The van der Waals surface area contributed by atoms with E-state index in [0.29, 0.717) is 6.54 Å². The van der Waals surface area contributed by atoms with E-state index in [9.17, 15) is 9.90 Å². The standard InChI is InChI=1S/C28H26N4O4/c1-28-25(35-3)21(29-2)24(33)27(36-28)31-16-10-6-4-8-13(16)19-20-15(12-30-26(20)34)18-14-9-5-7-11-17(14)32(28)23(18)22(19)31/h4-11,21,24-25,27,29,33H,12H2,1-3H3,(H,30,34)/t21-,24-,25-,27-,28+/m0/s1. The molecule has 5 atom stereocenters. The number of methoxy groups -OCH3 is 1. The molecule has 2 aromatic heterocycles. The molecule has 8 nitrogen and oxygen atoms in total. The maximum absolute atomic E-state index is 13.3. The first kappa shape index (κ1) is 20.7. The molecule has 3 N–H and O–H groups in total. The lowest BCUT2D eigenvalue weighted by atomic mass is 9.91. The number of likely N-dealkylation sites (N-methyl/N-ethyl adjacent to an activating group) is 1. The maximum atomic E-state index is 13.3. The zero-order valence-corrected chi connectivity index (χ0v) is 20.2. The molecule has 1 amide bonds. The Labute approximate surface area is 206 Å². The summed E-state index contributed by atoms with van der Waals surface area (Å²) in [6.07, 6.45) is -2.06. The molecule has 8 rings (SSSR count). The van der Waals surface area contributed by atoms with Gasteiger partial charge in [0.15, 0.2) is 12.0 Å². The van der Waals surface area contributed by atoms with Gasteiger partial charge in [0.1, 0.15) is 12.2 Å². The molecule has 8 heteroatoms. The molecular formula is C28H26N4O4. The lowest BCUT2D eigenvalue weighted by Gasteiger charge is -2.50. The summed E-state index contributed by atoms with van der Waals surface area (Å²) in [5.74, 6) is -0.0607. The fourth-order valence-corrected chi connectivity index (χ4v) is 7.35. The van der Waals surface area contributed by atoms with Gasteiger partial charge < -0.3 is 34.3 Å². The molecule has 0 unspecified atom stereocenters. The maximum Gasteiger partial charge on any atom is 0.252 e. The molecule has 0 saturated carbocycles. The minimum Gasteiger partial charge on any atom is -0.387 e. The number of hydrogen-bond donors (Lipinski definition) is 3. The van der Waals surface area contributed by atoms with Crippen LogP contribution in [0.3, 0.4) is 0 Å². The summed E-state index contributed by atoms with van der Waals surface area (Å²) >= 11 is 0. The van der Waals surface area contributed by atoms with Crippen LogP contribution in [0.25, 0.3) is 43.6 Å². The number of rotatable bonds is 2. The van der Waals surface area contributed by atoms with Crippen LogP contribution in [0.15, 0.2) is 48.5 Å². The first-order chi connectivity index (χ1) is 17.5. The van der Waals surface area contributed by atoms with Crippen LogP contribution in [0.5, 0.6) is 0 Å². The minimum atomic E-state index is -0.939. The van der Waals surface area contributed by atoms with Crippen LogP contribution in [-0.4, -0.2) is 52.6 Å². The van der Waals surface area contributed by atoms with E-state index in [2.05, 4.69) is 38.0 Å². The van der Waals surface area contributed by atoms with E-state index >= 15 is 0 Å². The third-order valence-corrected chi connectivity index (χ3v) is 8.68. The monoisotopic (exact) mass is 482 g/mol. The van der Waals surface area contributed by atoms with Gasteiger partial charge in [-0.1, -0.05) is 36.4 Å². The Balaban J connectivity index is 1.73. The van der Waals surface area contributed by atoms with E-state index in [1.807, 2.05) is 44.3 Å². The number of carbonyl (C=O) groups excluding carboxylic acids is 1. The van der Waals surface area contributed by atoms with Crippen LogP contribution < -0.4 is 10.6 Å². The number of para-hydroxylation sites is 2. The quantitative estimate of drug-likeness (QED) is 0.359. The molecule has 0 radical (unpaired) electrons. The summed E-state index contributed by atoms with van der Waals surface area (Å²) in [4.78, 5) is 13.3. The number of nitrogens with zero attached hydrogens (tertiary/aromatic N) is 2. The van der Waals surface area contributed by atoms with Crippen LogP contribution in [0, 0.1) is 0 Å². The lowest BCUT2D eigenvalue weighted by Crippen LogP contribution is -2.65. The largest absolute Gasteiger partial charge is 0.387 e. The smallest absolute Gasteiger partial charge is 0.252 e. The number of carbonyl (C=O) groups is 1. The molecule has 3 aliphatic heterocycles. The molecule has 0 spiro atoms. The number of aromatic nitrogens is 2. The van der Waals surface area contributed by atoms with Crippen molar-refractivity contribution < 1.29 is 19.4 Å². The molecule has 2 bridgehead atoms. The van der Waals surface area contributed by atoms with Crippen molar-refractivity contribution >= 4 is 49.5 Å². The van der Waals surface area contributed by atoms with Crippen LogP contribution in [-0.2, 0) is 21.7 Å². The van der Waals surface area contributed by atoms with E-state index in [-0.39, 0.29) is 5.91 Å². The molecule has 3 aromatic carbocycles. The summed E-state index contributed by atoms with van der Waals surface area (Å²) in [7, 11) is 3.51. The normalized spacial score (nSPS) is 28.9. The topological polar surface area (TPSA) is 89.7 Å². The first-order valence-electron chi connectivity index (χ1n) is 12.4. The molecule has 0 aliphatic carbocycles. The van der Waals surface area contributed by atoms with Crippen LogP contribution in [0.4, 0.5) is 0 Å². The number of amides is 1. The highest BCUT2D eigenvalue weighted by Crippen LogP contribution is 2.53. The van der Waals surface area contributed by atoms with Crippen LogP contribution >= 0.6 is 0 Å². The Morgan fingerprint density at radius 3 is 2.50 bits per heavy atom. The Morgan fingerprint density at radius 1 is 1.08 bits per heavy atom. The van der Waals surface area contributed by atoms with Gasteiger partial charge in [-0.25, -0.2) is 0 Å². The van der Waals surface area contributed by atoms with E-state index < -0.39 is 30.2 Å². The second kappa shape index (κ2) is 6.66. The highest BCUT2D eigenvalue weighted by atomic mass is 16.6. The SMILES string of the molecule is CN[C@H]1[C@H](O)[C@@H]2O[C@](C)([C@H]1OC)n1c3ccccc3c3c4c(c5c6ccccc6n2c5c31)C(=O)NC4. The van der Waals surface area contributed by atoms with E-state index in [4.69, 9.17) is 9.47 Å². The molecule has 1 saturated heterocycles. The van der Waals surface area contributed by atoms with Crippen molar-refractivity contribution in [3.63, 3.8) is 0 Å². The summed E-state index contributed by atoms with van der Waals surface area (Å²) < 4.78 is 17.4. The van der Waals surface area contributed by atoms with E-state index in [1.54, 1.807) is 7.11 Å². The van der Waals surface area contributed by atoms with Gasteiger partial charge in [0.2, 0.25) is 0 Å². The molecule has 1 fully saturated rings. The number of fused-ring (bicyclic) bond motifs is 13. The van der Waals surface area contributed by atoms with Gasteiger partial charge in [0.05, 0.1) is 33.7 Å². The first-order valence-corrected chi connectivity index (χ1v) is 12.4. The average Bonchev–Trinajstić information content (AvgIpc) is 3.52. The highest BCUT2D eigenvalue weighted by Gasteiger charge is 2.56. The van der Waals surface area contributed by atoms with Gasteiger partial charge in [-0.15, -0.1) is 0 Å². The summed E-state index contributed by atoms with van der Waals surface area (Å²) in [5.41, 5.74) is 4.66. The second-order valence-electron chi connectivity index (χ2n) is 10.2. The van der Waals surface area contributed by atoms with Crippen molar-refractivity contribution in [3.05, 3.63) is 59.7 Å². The Hall–Kier alpha value is -3.43. The van der Waals surface area contributed by atoms with Crippen LogP contribution in [0.2, 0.25) is 0 Å². The van der Waals surface area contributed by atoms with Crippen molar-refractivity contribution in [3.8, 4) is 0 Å². The third-order valence-electron chi connectivity index (χ3n) is 8.68. The summed E-state index contributed by atoms with van der Waals surface area (Å²) in [6.45, 7) is 2.53. The minimum absolute atomic E-state index is 0.0607. The fourth-order valence-electron chi connectivity index (χ4n) is 7.35. The van der Waals surface area contributed by atoms with Gasteiger partial charge in [0.25, 0.3) is 5.91 Å².